The SMILES string of the molecule is C/C(=N/NC(=O)Cc1ccc(F)cc1)[C@H](c1ccccc1)[NH+]1CCOCC1. The molecule has 1 fully saturated rings. The molecule has 3 rings (SSSR count). The zero-order chi connectivity index (χ0) is 19.1. The molecule has 0 spiro atoms. The maximum absolute atomic E-state index is 13.0. The minimum atomic E-state index is -0.313. The average molecular weight is 370 g/mol. The molecule has 27 heavy (non-hydrogen) atoms. The number of hydrogen-bond donors (Lipinski definition) is 2. The van der Waals surface area contributed by atoms with Gasteiger partial charge in [0, 0.05) is 5.56 Å². The smallest absolute Gasteiger partial charge is 0.244 e. The molecule has 6 heteroatoms. The van der Waals surface area contributed by atoms with Crippen LogP contribution in [0.3, 0.4) is 0 Å². The molecule has 1 heterocycles. The third-order valence-electron chi connectivity index (χ3n) is 4.73. The Balaban J connectivity index is 1.69. The summed E-state index contributed by atoms with van der Waals surface area (Å²) < 4.78 is 18.5. The molecule has 142 valence electrons. The number of hydrazone groups is 1. The Hall–Kier alpha value is -2.57. The number of benzene rings is 2. The van der Waals surface area contributed by atoms with Crippen molar-refractivity contribution in [2.75, 3.05) is 26.3 Å². The Kier molecular flexibility index (Phi) is 6.68. The van der Waals surface area contributed by atoms with Gasteiger partial charge >= 0.3 is 0 Å². The van der Waals surface area contributed by atoms with Gasteiger partial charge in [-0.1, -0.05) is 42.5 Å². The van der Waals surface area contributed by atoms with Crippen LogP contribution in [0.5, 0.6) is 0 Å². The van der Waals surface area contributed by atoms with E-state index in [2.05, 4.69) is 22.7 Å². The first-order valence-corrected chi connectivity index (χ1v) is 9.18. The van der Waals surface area contributed by atoms with Crippen molar-refractivity contribution in [2.24, 2.45) is 5.10 Å². The minimum absolute atomic E-state index is 0.0706. The summed E-state index contributed by atoms with van der Waals surface area (Å²) in [5.74, 6) is -0.531. The number of carbonyl (C=O) groups is 1. The lowest BCUT2D eigenvalue weighted by atomic mass is 10.0. The number of morpholine rings is 1. The van der Waals surface area contributed by atoms with E-state index in [4.69, 9.17) is 4.74 Å². The van der Waals surface area contributed by atoms with Gasteiger partial charge in [-0.05, 0) is 24.6 Å². The fraction of sp³-hybridized carbons (Fsp3) is 0.333. The van der Waals surface area contributed by atoms with Crippen molar-refractivity contribution in [3.63, 3.8) is 0 Å². The van der Waals surface area contributed by atoms with Crippen molar-refractivity contribution in [1.82, 2.24) is 5.43 Å². The molecule has 0 aromatic heterocycles. The second-order valence-electron chi connectivity index (χ2n) is 6.71. The molecule has 1 aliphatic heterocycles. The molecule has 2 N–H and O–H groups in total. The summed E-state index contributed by atoms with van der Waals surface area (Å²) >= 11 is 0. The molecule has 1 amide bonds. The van der Waals surface area contributed by atoms with E-state index in [-0.39, 0.29) is 24.2 Å². The Morgan fingerprint density at radius 1 is 1.15 bits per heavy atom. The molecular formula is C21H25FN3O2+. The van der Waals surface area contributed by atoms with Crippen LogP contribution < -0.4 is 10.3 Å². The molecule has 0 aliphatic carbocycles. The van der Waals surface area contributed by atoms with Gasteiger partial charge < -0.3 is 9.64 Å². The molecule has 2 aromatic rings. The molecule has 5 nitrogen and oxygen atoms in total. The lowest BCUT2D eigenvalue weighted by Crippen LogP contribution is -3.15. The predicted octanol–water partition coefficient (Wildman–Crippen LogP) is 1.52. The number of quaternary nitrogens is 1. The Morgan fingerprint density at radius 2 is 1.81 bits per heavy atom. The maximum Gasteiger partial charge on any atom is 0.244 e. The van der Waals surface area contributed by atoms with Crippen molar-refractivity contribution in [1.29, 1.82) is 0 Å². The molecule has 1 aliphatic rings. The van der Waals surface area contributed by atoms with Gasteiger partial charge in [0.15, 0.2) is 6.04 Å². The topological polar surface area (TPSA) is 55.1 Å². The van der Waals surface area contributed by atoms with Crippen LogP contribution in [0, 0.1) is 5.82 Å². The number of rotatable bonds is 6. The number of ether oxygens (including phenoxy) is 1. The van der Waals surface area contributed by atoms with Crippen LogP contribution in [0.4, 0.5) is 4.39 Å². The third-order valence-corrected chi connectivity index (χ3v) is 4.73. The normalized spacial score (nSPS) is 16.7. The number of amides is 1. The number of nitrogens with zero attached hydrogens (tertiary/aromatic N) is 1. The van der Waals surface area contributed by atoms with Gasteiger partial charge in [0.2, 0.25) is 5.91 Å². The van der Waals surface area contributed by atoms with Crippen LogP contribution in [-0.4, -0.2) is 37.9 Å². The first kappa shape index (κ1) is 19.2. The van der Waals surface area contributed by atoms with Gasteiger partial charge in [-0.2, -0.15) is 5.10 Å². The van der Waals surface area contributed by atoms with E-state index in [1.54, 1.807) is 12.1 Å². The number of hydrogen-bond acceptors (Lipinski definition) is 3. The lowest BCUT2D eigenvalue weighted by molar-refractivity contribution is -0.928. The summed E-state index contributed by atoms with van der Waals surface area (Å²) in [5, 5.41) is 4.37. The summed E-state index contributed by atoms with van der Waals surface area (Å²) in [4.78, 5) is 13.6. The molecular weight excluding hydrogens is 345 g/mol. The van der Waals surface area contributed by atoms with Gasteiger partial charge in [0.25, 0.3) is 0 Å². The van der Waals surface area contributed by atoms with Crippen LogP contribution in [0.1, 0.15) is 24.1 Å². The van der Waals surface area contributed by atoms with Gasteiger partial charge in [-0.15, -0.1) is 0 Å². The van der Waals surface area contributed by atoms with E-state index in [9.17, 15) is 9.18 Å². The molecule has 2 aromatic carbocycles. The van der Waals surface area contributed by atoms with Crippen molar-refractivity contribution in [3.8, 4) is 0 Å². The van der Waals surface area contributed by atoms with E-state index < -0.39 is 0 Å². The molecule has 0 unspecified atom stereocenters. The number of carbonyl (C=O) groups excluding carboxylic acids is 1. The van der Waals surface area contributed by atoms with Crippen LogP contribution in [-0.2, 0) is 16.0 Å². The van der Waals surface area contributed by atoms with Gasteiger partial charge in [-0.3, -0.25) is 4.79 Å². The molecule has 0 bridgehead atoms. The molecule has 1 atom stereocenters. The Morgan fingerprint density at radius 3 is 2.48 bits per heavy atom. The monoisotopic (exact) mass is 370 g/mol. The van der Waals surface area contributed by atoms with E-state index in [1.807, 2.05) is 25.1 Å². The summed E-state index contributed by atoms with van der Waals surface area (Å²) in [6.45, 7) is 5.19. The second-order valence-corrected chi connectivity index (χ2v) is 6.71. The van der Waals surface area contributed by atoms with Crippen molar-refractivity contribution in [2.45, 2.75) is 19.4 Å². The average Bonchev–Trinajstić information content (AvgIpc) is 2.70. The summed E-state index contributed by atoms with van der Waals surface area (Å²) in [5.41, 5.74) is 5.42. The van der Waals surface area contributed by atoms with Crippen molar-refractivity contribution < 1.29 is 18.8 Å². The van der Waals surface area contributed by atoms with Crippen molar-refractivity contribution in [3.05, 3.63) is 71.5 Å². The zero-order valence-electron chi connectivity index (χ0n) is 15.5. The van der Waals surface area contributed by atoms with E-state index in [0.29, 0.717) is 0 Å². The highest BCUT2D eigenvalue weighted by Crippen LogP contribution is 2.12. The van der Waals surface area contributed by atoms with Crippen LogP contribution >= 0.6 is 0 Å². The zero-order valence-corrected chi connectivity index (χ0v) is 15.5. The highest BCUT2D eigenvalue weighted by atomic mass is 19.1. The van der Waals surface area contributed by atoms with Crippen LogP contribution in [0.2, 0.25) is 0 Å². The highest BCUT2D eigenvalue weighted by Gasteiger charge is 2.29. The molecule has 1 saturated heterocycles. The minimum Gasteiger partial charge on any atom is -0.370 e. The number of halogens is 1. The summed E-state index contributed by atoms with van der Waals surface area (Å²) in [6, 6.07) is 16.2. The third kappa shape index (κ3) is 5.45. The number of nitrogens with one attached hydrogen (secondary N) is 2. The molecule has 0 radical (unpaired) electrons. The Bertz CT molecular complexity index is 772. The van der Waals surface area contributed by atoms with Gasteiger partial charge in [0.1, 0.15) is 18.9 Å². The molecule has 0 saturated carbocycles. The highest BCUT2D eigenvalue weighted by molar-refractivity contribution is 5.89. The van der Waals surface area contributed by atoms with E-state index in [0.717, 1.165) is 37.6 Å². The van der Waals surface area contributed by atoms with E-state index in [1.165, 1.54) is 22.6 Å². The first-order chi connectivity index (χ1) is 13.1. The lowest BCUT2D eigenvalue weighted by Gasteiger charge is -2.31. The fourth-order valence-corrected chi connectivity index (χ4v) is 3.38. The van der Waals surface area contributed by atoms with Crippen molar-refractivity contribution >= 4 is 11.6 Å². The van der Waals surface area contributed by atoms with Gasteiger partial charge in [0.05, 0.1) is 25.3 Å². The largest absolute Gasteiger partial charge is 0.370 e. The van der Waals surface area contributed by atoms with Crippen LogP contribution in [0.25, 0.3) is 0 Å². The van der Waals surface area contributed by atoms with E-state index >= 15 is 0 Å². The fourth-order valence-electron chi connectivity index (χ4n) is 3.38. The predicted molar refractivity (Wildman–Crippen MR) is 102 cm³/mol. The summed E-state index contributed by atoms with van der Waals surface area (Å²) in [6.07, 6.45) is 0.164. The quantitative estimate of drug-likeness (QED) is 0.598. The first-order valence-electron chi connectivity index (χ1n) is 9.18. The maximum atomic E-state index is 13.0. The van der Waals surface area contributed by atoms with Gasteiger partial charge in [-0.25, -0.2) is 9.82 Å². The standard InChI is InChI=1S/C21H24FN3O2/c1-16(23-24-20(26)15-17-7-9-19(22)10-8-17)21(18-5-3-2-4-6-18)25-11-13-27-14-12-25/h2-10,21H,11-15H2,1H3,(H,24,26)/p+1/b23-16-/t21-/m1/s1. The summed E-state index contributed by atoms with van der Waals surface area (Å²) in [7, 11) is 0. The Labute approximate surface area is 158 Å². The second kappa shape index (κ2) is 9.39. The van der Waals surface area contributed by atoms with Crippen LogP contribution in [0.15, 0.2) is 59.7 Å².